The maximum atomic E-state index is 9.02. The predicted molar refractivity (Wildman–Crippen MR) is 214 cm³/mol. The molecule has 0 bridgehead atoms. The molecule has 8 rings (SSSR count). The molecule has 0 nitrogen and oxygen atoms in total. The van der Waals surface area contributed by atoms with Gasteiger partial charge in [-0.15, -0.1) is 0 Å². The molecular weight excluding hydrogens is 727 g/mol. The number of benzene rings is 6. The van der Waals surface area contributed by atoms with Crippen LogP contribution in [0, 0.1) is 13.8 Å². The van der Waals surface area contributed by atoms with E-state index in [1.165, 1.54) is 66.8 Å². The van der Waals surface area contributed by atoms with Crippen LogP contribution in [0.4, 0.5) is 0 Å². The molecule has 0 heterocycles. The first-order valence-corrected chi connectivity index (χ1v) is 27.9. The Morgan fingerprint density at radius 3 is 1.20 bits per heavy atom. The van der Waals surface area contributed by atoms with Crippen molar-refractivity contribution in [2.24, 2.45) is 0 Å². The van der Waals surface area contributed by atoms with Crippen LogP contribution < -0.4 is 0 Å². The van der Waals surface area contributed by atoms with Gasteiger partial charge < -0.3 is 0 Å². The minimum atomic E-state index is -5.61. The summed E-state index contributed by atoms with van der Waals surface area (Å²) in [6.07, 6.45) is 4.75. The van der Waals surface area contributed by atoms with Gasteiger partial charge in [-0.1, -0.05) is 0 Å². The number of rotatable bonds is 6. The summed E-state index contributed by atoms with van der Waals surface area (Å²) in [4.78, 5) is 0. The van der Waals surface area contributed by atoms with Gasteiger partial charge in [0, 0.05) is 0 Å². The Kier molecular flexibility index (Phi) is 8.47. The van der Waals surface area contributed by atoms with Gasteiger partial charge in [-0.3, -0.25) is 0 Å². The average molecular weight is 767 g/mol. The molecule has 50 heavy (non-hydrogen) atoms. The van der Waals surface area contributed by atoms with E-state index in [1.807, 2.05) is 0 Å². The Morgan fingerprint density at radius 1 is 0.440 bits per heavy atom. The van der Waals surface area contributed by atoms with Crippen LogP contribution in [-0.2, 0) is 15.9 Å². The number of halogens is 2. The van der Waals surface area contributed by atoms with Gasteiger partial charge in [-0.2, -0.15) is 0 Å². The van der Waals surface area contributed by atoms with Crippen molar-refractivity contribution in [3.05, 3.63) is 201 Å². The third-order valence-corrected chi connectivity index (χ3v) is 31.1. The molecule has 0 radical (unpaired) electrons. The van der Waals surface area contributed by atoms with E-state index in [1.54, 1.807) is 0 Å². The Bertz CT molecular complexity index is 2230. The first-order valence-electron chi connectivity index (χ1n) is 17.5. The second-order valence-corrected chi connectivity index (χ2v) is 34.8. The standard InChI is InChI=1S/2C16H13.C15H14.2ClH.Zr/c2*1-12-10-14-8-5-9-15(16(14)11-12)13-6-3-2-4-7-13;1-12-3-7-14(8-4-12)11-15-9-5-13(2)6-10-15;;;/h2*2-11H,1H3;3-10H,1-2H3;2*1H;/q;;;;;+2/p-2. The van der Waals surface area contributed by atoms with Crippen LogP contribution in [0.3, 0.4) is 0 Å². The molecule has 0 saturated heterocycles. The van der Waals surface area contributed by atoms with Crippen LogP contribution in [0.2, 0.25) is 0 Å². The topological polar surface area (TPSA) is 0 Å². The zero-order valence-corrected chi connectivity index (χ0v) is 32.9. The van der Waals surface area contributed by atoms with Gasteiger partial charge in [-0.05, 0) is 0 Å². The minimum absolute atomic E-state index is 0.157. The van der Waals surface area contributed by atoms with Crippen molar-refractivity contribution < 1.29 is 15.9 Å². The molecular formula is C47H40Cl2Zr. The fraction of sp³-hybridized carbons (Fsp3) is 0.128. The molecule has 0 spiro atoms. The summed E-state index contributed by atoms with van der Waals surface area (Å²) in [5.74, 6) is 0. The average Bonchev–Trinajstić information content (AvgIpc) is 3.67. The molecule has 2 aliphatic rings. The van der Waals surface area contributed by atoms with E-state index in [0.717, 1.165) is 14.3 Å². The van der Waals surface area contributed by atoms with Gasteiger partial charge in [-0.25, -0.2) is 0 Å². The molecule has 246 valence electrons. The van der Waals surface area contributed by atoms with Crippen LogP contribution in [-0.4, -0.2) is 3.21 Å². The van der Waals surface area contributed by atoms with Crippen LogP contribution >= 0.6 is 17.0 Å². The molecule has 0 N–H and O–H groups in total. The molecule has 2 aliphatic carbocycles. The van der Waals surface area contributed by atoms with Crippen molar-refractivity contribution in [1.82, 2.24) is 0 Å². The van der Waals surface area contributed by atoms with Crippen molar-refractivity contribution in [3.8, 4) is 22.3 Å². The molecule has 2 atom stereocenters. The SMILES string of the molecule is CC1=Cc2c(-c3ccccc3)cccc2[CH]1[Zr]([Cl])([Cl])(=[C](c1ccc(C)cc1)c1ccc(C)cc1)[CH]1C(C)=Cc2c(-c3ccccc3)cccc21. The van der Waals surface area contributed by atoms with E-state index in [2.05, 4.69) is 185 Å². The number of allylic oxidation sites excluding steroid dienone is 2. The summed E-state index contributed by atoms with van der Waals surface area (Å²) >= 11 is -5.61. The molecule has 0 aliphatic heterocycles. The zero-order chi connectivity index (χ0) is 34.6. The van der Waals surface area contributed by atoms with Crippen LogP contribution in [0.15, 0.2) is 157 Å². The Labute approximate surface area is 304 Å². The molecule has 0 saturated carbocycles. The zero-order valence-electron chi connectivity index (χ0n) is 28.9. The monoisotopic (exact) mass is 764 g/mol. The van der Waals surface area contributed by atoms with Crippen molar-refractivity contribution in [3.63, 3.8) is 0 Å². The summed E-state index contributed by atoms with van der Waals surface area (Å²) in [5, 5.41) is 0. The van der Waals surface area contributed by atoms with Crippen LogP contribution in [0.25, 0.3) is 34.4 Å². The van der Waals surface area contributed by atoms with Gasteiger partial charge in [0.25, 0.3) is 0 Å². The quantitative estimate of drug-likeness (QED) is 0.158. The molecule has 0 fully saturated rings. The predicted octanol–water partition coefficient (Wildman–Crippen LogP) is 13.5. The van der Waals surface area contributed by atoms with Crippen LogP contribution in [0.1, 0.15) is 65.6 Å². The fourth-order valence-electron chi connectivity index (χ4n) is 8.86. The first-order chi connectivity index (χ1) is 24.1. The number of hydrogen-bond acceptors (Lipinski definition) is 0. The summed E-state index contributed by atoms with van der Waals surface area (Å²) in [6.45, 7) is 8.79. The van der Waals surface area contributed by atoms with E-state index >= 15 is 0 Å². The van der Waals surface area contributed by atoms with Crippen molar-refractivity contribution in [1.29, 1.82) is 0 Å². The third kappa shape index (κ3) is 5.33. The first kappa shape index (κ1) is 33.3. The van der Waals surface area contributed by atoms with Crippen molar-refractivity contribution in [2.75, 3.05) is 0 Å². The molecule has 2 unspecified atom stereocenters. The van der Waals surface area contributed by atoms with E-state index in [0.29, 0.717) is 0 Å². The summed E-state index contributed by atoms with van der Waals surface area (Å²) < 4.78 is 0.813. The number of hydrogen-bond donors (Lipinski definition) is 0. The molecule has 3 heteroatoms. The Morgan fingerprint density at radius 2 is 0.820 bits per heavy atom. The van der Waals surface area contributed by atoms with Gasteiger partial charge in [0.2, 0.25) is 0 Å². The molecule has 0 amide bonds. The van der Waals surface area contributed by atoms with Crippen LogP contribution in [0.5, 0.6) is 0 Å². The number of fused-ring (bicyclic) bond motifs is 2. The van der Waals surface area contributed by atoms with Crippen molar-refractivity contribution >= 4 is 32.4 Å². The third-order valence-electron chi connectivity index (χ3n) is 10.9. The summed E-state index contributed by atoms with van der Waals surface area (Å²) in [5.41, 5.74) is 16.9. The van der Waals surface area contributed by atoms with Gasteiger partial charge in [0.05, 0.1) is 0 Å². The molecule has 6 aromatic rings. The van der Waals surface area contributed by atoms with Gasteiger partial charge in [0.15, 0.2) is 0 Å². The molecule has 0 aromatic heterocycles. The van der Waals surface area contributed by atoms with E-state index < -0.39 is 15.9 Å². The van der Waals surface area contributed by atoms with E-state index in [-0.39, 0.29) is 7.25 Å². The van der Waals surface area contributed by atoms with Gasteiger partial charge >= 0.3 is 307 Å². The Hall–Kier alpha value is -3.87. The van der Waals surface area contributed by atoms with Gasteiger partial charge in [0.1, 0.15) is 0 Å². The summed E-state index contributed by atoms with van der Waals surface area (Å²) in [7, 11) is 18.0. The fourth-order valence-corrected chi connectivity index (χ4v) is 32.6. The maximum absolute atomic E-state index is 9.02. The second kappa shape index (κ2) is 12.7. The molecule has 6 aromatic carbocycles. The normalized spacial score (nSPS) is 16.8. The Balaban J connectivity index is 1.52. The summed E-state index contributed by atoms with van der Waals surface area (Å²) in [6, 6.07) is 52.6. The second-order valence-electron chi connectivity index (χ2n) is 14.3. The number of aryl methyl sites for hydroxylation is 2. The van der Waals surface area contributed by atoms with E-state index in [4.69, 9.17) is 17.0 Å². The van der Waals surface area contributed by atoms with Crippen molar-refractivity contribution in [2.45, 2.75) is 34.9 Å². The van der Waals surface area contributed by atoms with E-state index in [9.17, 15) is 0 Å².